The Balaban J connectivity index is 2.67. The normalized spacial score (nSPS) is 24.8. The molecule has 1 aliphatic heterocycles. The quantitative estimate of drug-likeness (QED) is 0.815. The molecule has 0 saturated carbocycles. The molecule has 110 valence electrons. The van der Waals surface area contributed by atoms with Gasteiger partial charge in [-0.1, -0.05) is 6.92 Å². The first kappa shape index (κ1) is 15.8. The van der Waals surface area contributed by atoms with Gasteiger partial charge in [-0.25, -0.2) is 4.79 Å². The monoisotopic (exact) mass is 273 g/mol. The van der Waals surface area contributed by atoms with Crippen molar-refractivity contribution < 1.29 is 24.2 Å². The number of aliphatic carboxylic acids is 1. The third-order valence-electron chi connectivity index (χ3n) is 2.99. The third kappa shape index (κ3) is 5.06. The molecule has 1 fully saturated rings. The van der Waals surface area contributed by atoms with E-state index in [9.17, 15) is 9.59 Å². The van der Waals surface area contributed by atoms with E-state index in [-0.39, 0.29) is 0 Å². The zero-order valence-electron chi connectivity index (χ0n) is 12.0. The number of carbonyl (C=O) groups excluding carboxylic acids is 1. The van der Waals surface area contributed by atoms with Crippen molar-refractivity contribution in [2.45, 2.75) is 51.7 Å². The number of carboxylic acids is 1. The van der Waals surface area contributed by atoms with Gasteiger partial charge in [0, 0.05) is 6.61 Å². The van der Waals surface area contributed by atoms with Crippen LogP contribution in [0.1, 0.15) is 40.5 Å². The molecule has 0 aliphatic carbocycles. The van der Waals surface area contributed by atoms with Crippen LogP contribution in [0.4, 0.5) is 4.79 Å². The Morgan fingerprint density at radius 1 is 1.47 bits per heavy atom. The van der Waals surface area contributed by atoms with E-state index in [1.54, 1.807) is 27.7 Å². The van der Waals surface area contributed by atoms with E-state index in [4.69, 9.17) is 14.6 Å². The predicted octanol–water partition coefficient (Wildman–Crippen LogP) is 1.78. The predicted molar refractivity (Wildman–Crippen MR) is 69.0 cm³/mol. The van der Waals surface area contributed by atoms with Gasteiger partial charge in [-0.2, -0.15) is 0 Å². The molecule has 1 amide bonds. The number of hydrogen-bond donors (Lipinski definition) is 2. The molecule has 1 saturated heterocycles. The van der Waals surface area contributed by atoms with E-state index in [1.807, 2.05) is 0 Å². The summed E-state index contributed by atoms with van der Waals surface area (Å²) in [6, 6.07) is 0. The first-order valence-corrected chi connectivity index (χ1v) is 6.45. The molecule has 6 nitrogen and oxygen atoms in total. The molecule has 2 N–H and O–H groups in total. The van der Waals surface area contributed by atoms with E-state index in [1.165, 1.54) is 0 Å². The summed E-state index contributed by atoms with van der Waals surface area (Å²) in [5.41, 5.74) is -1.22. The van der Waals surface area contributed by atoms with Crippen molar-refractivity contribution in [2.75, 3.05) is 13.2 Å². The molecule has 0 bridgehead atoms. The summed E-state index contributed by atoms with van der Waals surface area (Å²) in [5, 5.41) is 11.8. The van der Waals surface area contributed by atoms with Crippen LogP contribution in [0.15, 0.2) is 0 Å². The molecule has 6 heteroatoms. The summed E-state index contributed by atoms with van der Waals surface area (Å²) in [5.74, 6) is -1.42. The maximum Gasteiger partial charge on any atom is 0.408 e. The van der Waals surface area contributed by atoms with Crippen LogP contribution >= 0.6 is 0 Å². The van der Waals surface area contributed by atoms with Crippen LogP contribution in [0.25, 0.3) is 0 Å². The van der Waals surface area contributed by atoms with E-state index >= 15 is 0 Å². The van der Waals surface area contributed by atoms with Crippen molar-refractivity contribution in [3.8, 4) is 0 Å². The molecular formula is C13H23NO5. The Bertz CT molecular complexity index is 341. The third-order valence-corrected chi connectivity index (χ3v) is 2.99. The summed E-state index contributed by atoms with van der Waals surface area (Å²) in [6.07, 6.45) is 0.404. The maximum atomic E-state index is 11.8. The maximum absolute atomic E-state index is 11.8. The highest BCUT2D eigenvalue weighted by Crippen LogP contribution is 2.27. The van der Waals surface area contributed by atoms with Crippen LogP contribution in [0, 0.1) is 5.92 Å². The van der Waals surface area contributed by atoms with Crippen LogP contribution < -0.4 is 5.32 Å². The van der Waals surface area contributed by atoms with Gasteiger partial charge in [-0.15, -0.1) is 0 Å². The number of amides is 1. The zero-order chi connectivity index (χ0) is 14.7. The minimum absolute atomic E-state index is 0.323. The smallest absolute Gasteiger partial charge is 0.408 e. The van der Waals surface area contributed by atoms with Crippen molar-refractivity contribution in [2.24, 2.45) is 5.92 Å². The fourth-order valence-corrected chi connectivity index (χ4v) is 2.11. The van der Waals surface area contributed by atoms with Gasteiger partial charge in [0.2, 0.25) is 0 Å². The number of carbonyl (C=O) groups is 2. The van der Waals surface area contributed by atoms with Crippen LogP contribution in [0.2, 0.25) is 0 Å². The average molecular weight is 273 g/mol. The zero-order valence-corrected chi connectivity index (χ0v) is 12.0. The number of rotatable bonds is 4. The Morgan fingerprint density at radius 2 is 2.11 bits per heavy atom. The lowest BCUT2D eigenvalue weighted by atomic mass is 9.87. The number of alkyl carbamates (subject to hydrolysis) is 1. The summed E-state index contributed by atoms with van der Waals surface area (Å²) in [7, 11) is 0. The van der Waals surface area contributed by atoms with Crippen molar-refractivity contribution in [1.82, 2.24) is 5.32 Å². The Morgan fingerprint density at radius 3 is 2.53 bits per heavy atom. The second kappa shape index (κ2) is 5.77. The second-order valence-electron chi connectivity index (χ2n) is 6.15. The molecule has 19 heavy (non-hydrogen) atoms. The van der Waals surface area contributed by atoms with Crippen LogP contribution in [-0.4, -0.2) is 41.5 Å². The lowest BCUT2D eigenvalue weighted by molar-refractivity contribution is -0.142. The SMILES string of the molecule is CC(CC1(NC(=O)OC(C)(C)C)CCOC1)C(=O)O. The summed E-state index contributed by atoms with van der Waals surface area (Å²) < 4.78 is 10.5. The van der Waals surface area contributed by atoms with Crippen LogP contribution in [-0.2, 0) is 14.3 Å². The van der Waals surface area contributed by atoms with Gasteiger partial charge in [0.05, 0.1) is 18.1 Å². The largest absolute Gasteiger partial charge is 0.481 e. The standard InChI is InChI=1S/C13H23NO5/c1-9(10(15)16)7-13(5-6-18-8-13)14-11(17)19-12(2,3)4/h9H,5-8H2,1-4H3,(H,14,17)(H,15,16). The first-order chi connectivity index (χ1) is 8.64. The van der Waals surface area contributed by atoms with Crippen molar-refractivity contribution in [1.29, 1.82) is 0 Å². The molecule has 0 spiro atoms. The van der Waals surface area contributed by atoms with E-state index < -0.39 is 29.1 Å². The number of carboxylic acid groups (broad SMARTS) is 1. The summed E-state index contributed by atoms with van der Waals surface area (Å²) in [4.78, 5) is 22.8. The molecule has 0 aromatic carbocycles. The molecule has 1 heterocycles. The molecular weight excluding hydrogens is 250 g/mol. The van der Waals surface area contributed by atoms with Crippen molar-refractivity contribution in [3.63, 3.8) is 0 Å². The molecule has 1 aliphatic rings. The molecule has 1 rings (SSSR count). The molecule has 0 aromatic heterocycles. The second-order valence-corrected chi connectivity index (χ2v) is 6.15. The highest BCUT2D eigenvalue weighted by Gasteiger charge is 2.40. The van der Waals surface area contributed by atoms with Gasteiger partial charge in [-0.3, -0.25) is 4.79 Å². The number of ether oxygens (including phenoxy) is 2. The van der Waals surface area contributed by atoms with Gasteiger partial charge in [0.1, 0.15) is 5.60 Å². The number of hydrogen-bond acceptors (Lipinski definition) is 4. The van der Waals surface area contributed by atoms with Crippen LogP contribution in [0.5, 0.6) is 0 Å². The lowest BCUT2D eigenvalue weighted by Crippen LogP contribution is -2.52. The lowest BCUT2D eigenvalue weighted by Gasteiger charge is -2.31. The minimum atomic E-state index is -0.878. The minimum Gasteiger partial charge on any atom is -0.481 e. The van der Waals surface area contributed by atoms with Crippen molar-refractivity contribution >= 4 is 12.1 Å². The van der Waals surface area contributed by atoms with E-state index in [0.717, 1.165) is 0 Å². The topological polar surface area (TPSA) is 84.9 Å². The highest BCUT2D eigenvalue weighted by molar-refractivity contribution is 5.71. The van der Waals surface area contributed by atoms with Gasteiger partial charge in [-0.05, 0) is 33.6 Å². The van der Waals surface area contributed by atoms with Gasteiger partial charge in [0.15, 0.2) is 0 Å². The van der Waals surface area contributed by atoms with Crippen molar-refractivity contribution in [3.05, 3.63) is 0 Å². The Labute approximate surface area is 113 Å². The average Bonchev–Trinajstić information content (AvgIpc) is 2.62. The van der Waals surface area contributed by atoms with Gasteiger partial charge < -0.3 is 19.9 Å². The van der Waals surface area contributed by atoms with Gasteiger partial charge >= 0.3 is 12.1 Å². The van der Waals surface area contributed by atoms with Gasteiger partial charge in [0.25, 0.3) is 0 Å². The summed E-state index contributed by atoms with van der Waals surface area (Å²) in [6.45, 7) is 7.81. The molecule has 0 aromatic rings. The van der Waals surface area contributed by atoms with Crippen LogP contribution in [0.3, 0.4) is 0 Å². The molecule has 0 radical (unpaired) electrons. The Hall–Kier alpha value is -1.30. The molecule has 2 unspecified atom stereocenters. The fraction of sp³-hybridized carbons (Fsp3) is 0.846. The number of nitrogens with one attached hydrogen (secondary N) is 1. The van der Waals surface area contributed by atoms with E-state index in [0.29, 0.717) is 26.1 Å². The highest BCUT2D eigenvalue weighted by atomic mass is 16.6. The summed E-state index contributed by atoms with van der Waals surface area (Å²) >= 11 is 0. The molecule has 2 atom stereocenters. The Kier molecular flexibility index (Phi) is 4.79. The first-order valence-electron chi connectivity index (χ1n) is 6.45. The fourth-order valence-electron chi connectivity index (χ4n) is 2.11. The van der Waals surface area contributed by atoms with E-state index in [2.05, 4.69) is 5.32 Å².